The van der Waals surface area contributed by atoms with Gasteiger partial charge in [-0.25, -0.2) is 14.2 Å². The zero-order chi connectivity index (χ0) is 21.1. The molecule has 0 N–H and O–H groups in total. The fourth-order valence-corrected chi connectivity index (χ4v) is 5.51. The number of amidine groups is 1. The summed E-state index contributed by atoms with van der Waals surface area (Å²) in [5.74, 6) is 2.22. The van der Waals surface area contributed by atoms with E-state index in [2.05, 4.69) is 4.90 Å². The molecule has 0 unspecified atom stereocenters. The van der Waals surface area contributed by atoms with Crippen LogP contribution in [0, 0.1) is 0 Å². The third-order valence-corrected chi connectivity index (χ3v) is 7.48. The molecule has 0 atom stereocenters. The molecule has 2 aromatic carbocycles. The fraction of sp³-hybridized carbons (Fsp3) is 0.381. The molecule has 2 heterocycles. The molecular weight excluding hydrogens is 425 g/mol. The van der Waals surface area contributed by atoms with Gasteiger partial charge in [-0.3, -0.25) is 9.05 Å². The smallest absolute Gasteiger partial charge is 0.408 e. The standard InChI is InChI=1S/C21H25ClN3O4P/c1-3-27-30(26,28-4-2)25-13-11-24(12-14-25)21-17-7-5-6-8-19(17)29-20-10-9-16(22)15-18(20)23-21/h5-10,15H,3-4,11-14H2,1-2H3. The summed E-state index contributed by atoms with van der Waals surface area (Å²) in [6.07, 6.45) is 0. The van der Waals surface area contributed by atoms with Crippen LogP contribution < -0.4 is 4.74 Å². The van der Waals surface area contributed by atoms with E-state index in [1.165, 1.54) is 0 Å². The van der Waals surface area contributed by atoms with Crippen LogP contribution in [0.15, 0.2) is 47.5 Å². The lowest BCUT2D eigenvalue weighted by Gasteiger charge is -2.38. The van der Waals surface area contributed by atoms with Gasteiger partial charge in [-0.2, -0.15) is 0 Å². The Kier molecular flexibility index (Phi) is 6.46. The second-order valence-electron chi connectivity index (χ2n) is 6.89. The maximum atomic E-state index is 13.1. The van der Waals surface area contributed by atoms with Crippen LogP contribution >= 0.6 is 19.3 Å². The number of ether oxygens (including phenoxy) is 1. The van der Waals surface area contributed by atoms with Crippen molar-refractivity contribution in [3.8, 4) is 11.5 Å². The molecule has 0 saturated carbocycles. The monoisotopic (exact) mass is 449 g/mol. The van der Waals surface area contributed by atoms with Crippen LogP contribution in [-0.2, 0) is 13.6 Å². The molecule has 1 fully saturated rings. The third kappa shape index (κ3) is 4.27. The normalized spacial score (nSPS) is 16.9. The lowest BCUT2D eigenvalue weighted by molar-refractivity contribution is 0.146. The van der Waals surface area contributed by atoms with Crippen molar-refractivity contribution in [2.75, 3.05) is 39.4 Å². The molecule has 160 valence electrons. The predicted octanol–water partition coefficient (Wildman–Crippen LogP) is 5.32. The molecule has 0 bridgehead atoms. The molecule has 0 amide bonds. The summed E-state index contributed by atoms with van der Waals surface area (Å²) in [4.78, 5) is 7.09. The highest BCUT2D eigenvalue weighted by Gasteiger charge is 2.36. The van der Waals surface area contributed by atoms with Gasteiger partial charge in [0.2, 0.25) is 0 Å². The number of halogens is 1. The minimum absolute atomic E-state index is 0.340. The van der Waals surface area contributed by atoms with Crippen LogP contribution in [0.4, 0.5) is 5.69 Å². The number of benzene rings is 2. The van der Waals surface area contributed by atoms with Crippen molar-refractivity contribution >= 4 is 30.9 Å². The largest absolute Gasteiger partial charge is 0.454 e. The van der Waals surface area contributed by atoms with Gasteiger partial charge in [-0.05, 0) is 44.2 Å². The molecule has 0 aliphatic carbocycles. The van der Waals surface area contributed by atoms with Gasteiger partial charge in [-0.15, -0.1) is 0 Å². The number of hydrogen-bond donors (Lipinski definition) is 0. The SMILES string of the molecule is CCOP(=O)(OCC)N1CCN(C2=Nc3cc(Cl)ccc3Oc3ccccc32)CC1. The predicted molar refractivity (Wildman–Crippen MR) is 118 cm³/mol. The molecule has 7 nitrogen and oxygen atoms in total. The minimum Gasteiger partial charge on any atom is -0.454 e. The summed E-state index contributed by atoms with van der Waals surface area (Å²) in [5.41, 5.74) is 1.60. The number of piperazine rings is 1. The zero-order valence-electron chi connectivity index (χ0n) is 17.1. The van der Waals surface area contributed by atoms with E-state index in [1.807, 2.05) is 44.2 Å². The Hall–Kier alpha value is -1.89. The van der Waals surface area contributed by atoms with E-state index in [-0.39, 0.29) is 0 Å². The van der Waals surface area contributed by atoms with Crippen molar-refractivity contribution in [1.82, 2.24) is 9.57 Å². The van der Waals surface area contributed by atoms with Gasteiger partial charge in [0.05, 0.1) is 18.8 Å². The first-order chi connectivity index (χ1) is 14.5. The van der Waals surface area contributed by atoms with E-state index >= 15 is 0 Å². The topological polar surface area (TPSA) is 63.6 Å². The summed E-state index contributed by atoms with van der Waals surface area (Å²) >= 11 is 6.20. The van der Waals surface area contributed by atoms with Crippen LogP contribution in [-0.4, -0.2) is 54.8 Å². The zero-order valence-corrected chi connectivity index (χ0v) is 18.7. The number of rotatable bonds is 5. The molecule has 2 aromatic rings. The minimum atomic E-state index is -3.27. The number of para-hydroxylation sites is 1. The second kappa shape index (κ2) is 9.08. The van der Waals surface area contributed by atoms with Crippen LogP contribution in [0.3, 0.4) is 0 Å². The summed E-state index contributed by atoms with van der Waals surface area (Å²) < 4.78 is 32.0. The summed E-state index contributed by atoms with van der Waals surface area (Å²) in [7, 11) is -3.27. The van der Waals surface area contributed by atoms with E-state index < -0.39 is 7.75 Å². The summed E-state index contributed by atoms with van der Waals surface area (Å²) in [6.45, 7) is 6.67. The lowest BCUT2D eigenvalue weighted by atomic mass is 10.1. The Bertz CT molecular complexity index is 982. The average molecular weight is 450 g/mol. The van der Waals surface area contributed by atoms with Gasteiger partial charge in [0.15, 0.2) is 5.75 Å². The van der Waals surface area contributed by atoms with E-state index in [4.69, 9.17) is 30.4 Å². The lowest BCUT2D eigenvalue weighted by Crippen LogP contribution is -2.48. The van der Waals surface area contributed by atoms with Gasteiger partial charge >= 0.3 is 7.75 Å². The third-order valence-electron chi connectivity index (χ3n) is 4.98. The first-order valence-corrected chi connectivity index (χ1v) is 12.0. The van der Waals surface area contributed by atoms with Crippen LogP contribution in [0.25, 0.3) is 0 Å². The summed E-state index contributed by atoms with van der Waals surface area (Å²) in [5, 5.41) is 0.602. The molecule has 0 aromatic heterocycles. The highest BCUT2D eigenvalue weighted by Crippen LogP contribution is 2.52. The Labute approximate surface area is 181 Å². The highest BCUT2D eigenvalue weighted by molar-refractivity contribution is 7.51. The van der Waals surface area contributed by atoms with Gasteiger partial charge in [-0.1, -0.05) is 23.7 Å². The van der Waals surface area contributed by atoms with E-state index in [0.29, 0.717) is 55.9 Å². The molecule has 9 heteroatoms. The highest BCUT2D eigenvalue weighted by atomic mass is 35.5. The molecule has 0 radical (unpaired) electrons. The Morgan fingerprint density at radius 3 is 2.43 bits per heavy atom. The first-order valence-electron chi connectivity index (χ1n) is 10.1. The number of aliphatic imine (C=N–C) groups is 1. The van der Waals surface area contributed by atoms with Crippen molar-refractivity contribution in [3.05, 3.63) is 53.1 Å². The van der Waals surface area contributed by atoms with Crippen molar-refractivity contribution < 1.29 is 18.3 Å². The first kappa shape index (κ1) is 21.3. The van der Waals surface area contributed by atoms with Crippen LogP contribution in [0.2, 0.25) is 5.02 Å². The van der Waals surface area contributed by atoms with Gasteiger partial charge in [0.1, 0.15) is 17.3 Å². The van der Waals surface area contributed by atoms with Gasteiger partial charge in [0.25, 0.3) is 0 Å². The molecule has 30 heavy (non-hydrogen) atoms. The average Bonchev–Trinajstić information content (AvgIpc) is 2.91. The Balaban J connectivity index is 1.63. The molecule has 2 aliphatic rings. The Morgan fingerprint density at radius 2 is 1.73 bits per heavy atom. The van der Waals surface area contributed by atoms with Crippen molar-refractivity contribution in [2.45, 2.75) is 13.8 Å². The van der Waals surface area contributed by atoms with E-state index in [1.54, 1.807) is 16.8 Å². The molecule has 2 aliphatic heterocycles. The molecule has 0 spiro atoms. The quantitative estimate of drug-likeness (QED) is 0.575. The number of fused-ring (bicyclic) bond motifs is 2. The summed E-state index contributed by atoms with van der Waals surface area (Å²) in [6, 6.07) is 13.3. The number of nitrogens with zero attached hydrogens (tertiary/aromatic N) is 3. The molecule has 1 saturated heterocycles. The molecule has 4 rings (SSSR count). The van der Waals surface area contributed by atoms with Crippen molar-refractivity contribution in [2.24, 2.45) is 4.99 Å². The van der Waals surface area contributed by atoms with Crippen LogP contribution in [0.1, 0.15) is 19.4 Å². The van der Waals surface area contributed by atoms with Crippen molar-refractivity contribution in [1.29, 1.82) is 0 Å². The van der Waals surface area contributed by atoms with Crippen LogP contribution in [0.5, 0.6) is 11.5 Å². The van der Waals surface area contributed by atoms with E-state index in [9.17, 15) is 4.57 Å². The Morgan fingerprint density at radius 1 is 1.03 bits per heavy atom. The maximum absolute atomic E-state index is 13.1. The van der Waals surface area contributed by atoms with Gasteiger partial charge in [0, 0.05) is 31.2 Å². The second-order valence-corrected chi connectivity index (χ2v) is 9.35. The van der Waals surface area contributed by atoms with Crippen molar-refractivity contribution in [3.63, 3.8) is 0 Å². The maximum Gasteiger partial charge on any atom is 0.408 e. The molecular formula is C21H25ClN3O4P. The van der Waals surface area contributed by atoms with E-state index in [0.717, 1.165) is 17.1 Å². The van der Waals surface area contributed by atoms with Gasteiger partial charge < -0.3 is 9.64 Å². The number of hydrogen-bond acceptors (Lipinski definition) is 6. The fourth-order valence-electron chi connectivity index (χ4n) is 3.62.